The number of hydrogen-bond acceptors (Lipinski definition) is 5. The minimum absolute atomic E-state index is 0.176. The summed E-state index contributed by atoms with van der Waals surface area (Å²) in [4.78, 5) is 25.1. The zero-order valence-electron chi connectivity index (χ0n) is 18.3. The molecule has 164 valence electrons. The quantitative estimate of drug-likeness (QED) is 0.664. The van der Waals surface area contributed by atoms with E-state index in [1.807, 2.05) is 13.8 Å². The van der Waals surface area contributed by atoms with Crippen LogP contribution in [0.4, 0.5) is 10.5 Å². The average Bonchev–Trinajstić information content (AvgIpc) is 2.62. The molecule has 2 amide bonds. The minimum Gasteiger partial charge on any atom is -0.444 e. The summed E-state index contributed by atoms with van der Waals surface area (Å²) in [6, 6.07) is 6.47. The van der Waals surface area contributed by atoms with Crippen LogP contribution >= 0.6 is 0 Å². The van der Waals surface area contributed by atoms with Crippen LogP contribution in [0, 0.1) is 0 Å². The third-order valence-electron chi connectivity index (χ3n) is 4.69. The lowest BCUT2D eigenvalue weighted by Gasteiger charge is -2.34. The molecule has 1 rings (SSSR count). The normalized spacial score (nSPS) is 12.2. The van der Waals surface area contributed by atoms with Crippen LogP contribution in [0.25, 0.3) is 0 Å². The molecule has 0 aliphatic heterocycles. The molecule has 2 N–H and O–H groups in total. The first-order valence-corrected chi connectivity index (χ1v) is 11.4. The van der Waals surface area contributed by atoms with E-state index in [4.69, 9.17) is 4.74 Å². The molecule has 8 nitrogen and oxygen atoms in total. The SMILES string of the molecule is CCC(CC)(CNC(=O)c1ccccc1N(C)S(C)(=O)=O)NC(=O)OC(C)(C)C. The van der Waals surface area contributed by atoms with Crippen LogP contribution in [-0.2, 0) is 14.8 Å². The predicted octanol–water partition coefficient (Wildman–Crippen LogP) is 2.90. The minimum atomic E-state index is -3.52. The topological polar surface area (TPSA) is 105 Å². The summed E-state index contributed by atoms with van der Waals surface area (Å²) in [7, 11) is -2.12. The molecule has 29 heavy (non-hydrogen) atoms. The number of nitrogens with one attached hydrogen (secondary N) is 2. The molecule has 0 bridgehead atoms. The van der Waals surface area contributed by atoms with E-state index in [1.54, 1.807) is 45.0 Å². The second-order valence-corrected chi connectivity index (χ2v) is 10.1. The Morgan fingerprint density at radius 3 is 2.14 bits per heavy atom. The molecule has 0 spiro atoms. The first-order valence-electron chi connectivity index (χ1n) is 9.57. The van der Waals surface area contributed by atoms with Crippen molar-refractivity contribution in [2.45, 2.75) is 58.6 Å². The lowest BCUT2D eigenvalue weighted by molar-refractivity contribution is 0.0442. The number of nitrogens with zero attached hydrogens (tertiary/aromatic N) is 1. The maximum absolute atomic E-state index is 12.8. The lowest BCUT2D eigenvalue weighted by atomic mass is 9.92. The standard InChI is InChI=1S/C20H33N3O5S/c1-8-20(9-2,22-18(25)28-19(3,4)5)14-21-17(24)15-12-10-11-13-16(15)23(6)29(7,26)27/h10-13H,8-9,14H2,1-7H3,(H,21,24)(H,22,25). The van der Waals surface area contributed by atoms with Crippen molar-refractivity contribution in [3.05, 3.63) is 29.8 Å². The fourth-order valence-electron chi connectivity index (χ4n) is 2.70. The molecular weight excluding hydrogens is 394 g/mol. The smallest absolute Gasteiger partial charge is 0.408 e. The number of carbonyl (C=O) groups is 2. The van der Waals surface area contributed by atoms with Crippen molar-refractivity contribution in [1.29, 1.82) is 0 Å². The van der Waals surface area contributed by atoms with E-state index < -0.39 is 33.2 Å². The number of para-hydroxylation sites is 1. The molecule has 9 heteroatoms. The van der Waals surface area contributed by atoms with Crippen molar-refractivity contribution in [2.75, 3.05) is 24.2 Å². The van der Waals surface area contributed by atoms with Gasteiger partial charge in [0.15, 0.2) is 0 Å². The molecule has 0 atom stereocenters. The summed E-state index contributed by atoms with van der Waals surface area (Å²) in [5.41, 5.74) is -0.796. The van der Waals surface area contributed by atoms with Crippen LogP contribution in [0.5, 0.6) is 0 Å². The molecule has 0 heterocycles. The van der Waals surface area contributed by atoms with Gasteiger partial charge in [0.1, 0.15) is 5.60 Å². The Labute approximate surface area is 174 Å². The Balaban J connectivity index is 3.00. The van der Waals surface area contributed by atoms with Crippen LogP contribution in [0.1, 0.15) is 57.8 Å². The number of benzene rings is 1. The number of alkyl carbamates (subject to hydrolysis) is 1. The van der Waals surface area contributed by atoms with Gasteiger partial charge < -0.3 is 15.4 Å². The summed E-state index contributed by atoms with van der Waals surface area (Å²) in [5.74, 6) is -0.423. The van der Waals surface area contributed by atoms with Crippen molar-refractivity contribution < 1.29 is 22.7 Å². The molecule has 0 saturated carbocycles. The second-order valence-electron chi connectivity index (χ2n) is 8.04. The Morgan fingerprint density at radius 1 is 1.10 bits per heavy atom. The molecule has 1 aromatic carbocycles. The Hall–Kier alpha value is -2.29. The van der Waals surface area contributed by atoms with Crippen LogP contribution in [0.15, 0.2) is 24.3 Å². The van der Waals surface area contributed by atoms with Gasteiger partial charge in [0.05, 0.1) is 23.0 Å². The first kappa shape index (κ1) is 24.7. The molecular formula is C20H33N3O5S. The molecule has 0 aliphatic rings. The third-order valence-corrected chi connectivity index (χ3v) is 5.88. The monoisotopic (exact) mass is 427 g/mol. The Morgan fingerprint density at radius 2 is 1.66 bits per heavy atom. The van der Waals surface area contributed by atoms with Gasteiger partial charge in [-0.1, -0.05) is 26.0 Å². The third kappa shape index (κ3) is 7.23. The summed E-state index contributed by atoms with van der Waals surface area (Å²) < 4.78 is 30.2. The predicted molar refractivity (Wildman–Crippen MR) is 115 cm³/mol. The number of anilines is 1. The fraction of sp³-hybridized carbons (Fsp3) is 0.600. The molecule has 0 fully saturated rings. The number of sulfonamides is 1. The van der Waals surface area contributed by atoms with E-state index in [0.717, 1.165) is 10.6 Å². The molecule has 1 aromatic rings. The number of carbonyl (C=O) groups excluding carboxylic acids is 2. The largest absolute Gasteiger partial charge is 0.444 e. The van der Waals surface area contributed by atoms with Crippen LogP contribution in [0.2, 0.25) is 0 Å². The second kappa shape index (κ2) is 9.47. The molecule has 0 aliphatic carbocycles. The van der Waals surface area contributed by atoms with Crippen molar-refractivity contribution in [2.24, 2.45) is 0 Å². The van der Waals surface area contributed by atoms with Crippen molar-refractivity contribution in [1.82, 2.24) is 10.6 Å². The lowest BCUT2D eigenvalue weighted by Crippen LogP contribution is -2.55. The number of hydrogen-bond donors (Lipinski definition) is 2. The summed E-state index contributed by atoms with van der Waals surface area (Å²) >= 11 is 0. The maximum Gasteiger partial charge on any atom is 0.408 e. The Kier molecular flexibility index (Phi) is 8.08. The van der Waals surface area contributed by atoms with Gasteiger partial charge in [-0.3, -0.25) is 9.10 Å². The average molecular weight is 428 g/mol. The zero-order valence-corrected chi connectivity index (χ0v) is 19.1. The molecule has 0 aromatic heterocycles. The number of amides is 2. The van der Waals surface area contributed by atoms with E-state index in [0.29, 0.717) is 12.8 Å². The first-order chi connectivity index (χ1) is 13.2. The number of rotatable bonds is 8. The number of ether oxygens (including phenoxy) is 1. The van der Waals surface area contributed by atoms with E-state index in [1.165, 1.54) is 7.05 Å². The zero-order chi connectivity index (χ0) is 22.5. The molecule has 0 saturated heterocycles. The highest BCUT2D eigenvalue weighted by molar-refractivity contribution is 7.92. The van der Waals surface area contributed by atoms with Gasteiger partial charge in [-0.25, -0.2) is 13.2 Å². The maximum atomic E-state index is 12.8. The van der Waals surface area contributed by atoms with Gasteiger partial charge in [0.2, 0.25) is 10.0 Å². The summed E-state index contributed by atoms with van der Waals surface area (Å²) in [6.45, 7) is 9.35. The van der Waals surface area contributed by atoms with Crippen molar-refractivity contribution in [3.63, 3.8) is 0 Å². The highest BCUT2D eigenvalue weighted by Crippen LogP contribution is 2.22. The van der Waals surface area contributed by atoms with Gasteiger partial charge in [0.25, 0.3) is 5.91 Å². The van der Waals surface area contributed by atoms with Crippen molar-refractivity contribution >= 4 is 27.7 Å². The van der Waals surface area contributed by atoms with E-state index in [9.17, 15) is 18.0 Å². The van der Waals surface area contributed by atoms with E-state index >= 15 is 0 Å². The molecule has 0 unspecified atom stereocenters. The molecule has 0 radical (unpaired) electrons. The Bertz CT molecular complexity index is 827. The van der Waals surface area contributed by atoms with Gasteiger partial charge in [-0.2, -0.15) is 0 Å². The fourth-order valence-corrected chi connectivity index (χ4v) is 3.22. The van der Waals surface area contributed by atoms with Crippen LogP contribution in [-0.4, -0.2) is 51.4 Å². The highest BCUT2D eigenvalue weighted by atomic mass is 32.2. The van der Waals surface area contributed by atoms with Gasteiger partial charge in [0, 0.05) is 13.6 Å². The summed E-state index contributed by atoms with van der Waals surface area (Å²) in [5, 5.41) is 5.70. The van der Waals surface area contributed by atoms with Crippen molar-refractivity contribution in [3.8, 4) is 0 Å². The summed E-state index contributed by atoms with van der Waals surface area (Å²) in [6.07, 6.45) is 1.68. The van der Waals surface area contributed by atoms with Crippen LogP contribution < -0.4 is 14.9 Å². The van der Waals surface area contributed by atoms with E-state index in [-0.39, 0.29) is 17.8 Å². The van der Waals surface area contributed by atoms with Gasteiger partial charge >= 0.3 is 6.09 Å². The van der Waals surface area contributed by atoms with Crippen LogP contribution in [0.3, 0.4) is 0 Å². The van der Waals surface area contributed by atoms with Gasteiger partial charge in [-0.15, -0.1) is 0 Å². The van der Waals surface area contributed by atoms with Gasteiger partial charge in [-0.05, 0) is 45.7 Å². The highest BCUT2D eigenvalue weighted by Gasteiger charge is 2.31. The van der Waals surface area contributed by atoms with E-state index in [2.05, 4.69) is 10.6 Å².